The first kappa shape index (κ1) is 22.7. The molecular formula is C26H22N2O6. The first-order valence-corrected chi connectivity index (χ1v) is 10.7. The van der Waals surface area contributed by atoms with Crippen molar-refractivity contribution in [3.8, 4) is 5.75 Å². The van der Waals surface area contributed by atoms with Gasteiger partial charge in [-0.25, -0.2) is 4.79 Å². The Labute approximate surface area is 196 Å². The van der Waals surface area contributed by atoms with Crippen molar-refractivity contribution in [2.24, 2.45) is 0 Å². The van der Waals surface area contributed by atoms with E-state index in [2.05, 4.69) is 5.32 Å². The van der Waals surface area contributed by atoms with Crippen LogP contribution in [0.3, 0.4) is 0 Å². The average molecular weight is 458 g/mol. The number of amides is 3. The lowest BCUT2D eigenvalue weighted by molar-refractivity contribution is -0.119. The molecule has 34 heavy (non-hydrogen) atoms. The number of carbonyl (C=O) groups is 4. The van der Waals surface area contributed by atoms with Crippen LogP contribution in [0.5, 0.6) is 5.75 Å². The van der Waals surface area contributed by atoms with E-state index < -0.39 is 30.3 Å². The quantitative estimate of drug-likeness (QED) is 0.408. The van der Waals surface area contributed by atoms with Crippen molar-refractivity contribution < 1.29 is 28.7 Å². The molecule has 0 atom stereocenters. The molecule has 0 fully saturated rings. The first-order chi connectivity index (χ1) is 16.5. The Morgan fingerprint density at radius 3 is 2.29 bits per heavy atom. The molecule has 4 rings (SSSR count). The molecule has 172 valence electrons. The van der Waals surface area contributed by atoms with Gasteiger partial charge in [-0.1, -0.05) is 30.3 Å². The van der Waals surface area contributed by atoms with Crippen LogP contribution in [0.1, 0.15) is 43.6 Å². The second-order valence-electron chi connectivity index (χ2n) is 7.52. The fourth-order valence-corrected chi connectivity index (χ4v) is 3.54. The number of esters is 1. The molecule has 8 nitrogen and oxygen atoms in total. The standard InChI is InChI=1S/C26H22N2O6/c1-2-33-20-11-9-19(10-12-20)27-23(29)16-34-26(32)18-8-13-21-22(14-18)25(31)28(24(21)30)15-17-6-4-3-5-7-17/h3-14H,2,15-16H2,1H3,(H,27,29). The molecule has 0 saturated heterocycles. The highest BCUT2D eigenvalue weighted by Gasteiger charge is 2.36. The lowest BCUT2D eigenvalue weighted by atomic mass is 10.1. The third-order valence-corrected chi connectivity index (χ3v) is 5.17. The van der Waals surface area contributed by atoms with Crippen LogP contribution in [0, 0.1) is 0 Å². The van der Waals surface area contributed by atoms with E-state index in [9.17, 15) is 19.2 Å². The van der Waals surface area contributed by atoms with E-state index >= 15 is 0 Å². The number of carbonyl (C=O) groups excluding carboxylic acids is 4. The number of hydrogen-bond donors (Lipinski definition) is 1. The monoisotopic (exact) mass is 458 g/mol. The molecule has 0 spiro atoms. The molecular weight excluding hydrogens is 436 g/mol. The number of imide groups is 1. The smallest absolute Gasteiger partial charge is 0.338 e. The first-order valence-electron chi connectivity index (χ1n) is 10.7. The van der Waals surface area contributed by atoms with Gasteiger partial charge in [-0.15, -0.1) is 0 Å². The summed E-state index contributed by atoms with van der Waals surface area (Å²) in [4.78, 5) is 51.2. The molecule has 0 radical (unpaired) electrons. The number of fused-ring (bicyclic) bond motifs is 1. The zero-order valence-corrected chi connectivity index (χ0v) is 18.4. The third-order valence-electron chi connectivity index (χ3n) is 5.17. The number of nitrogens with zero attached hydrogens (tertiary/aromatic N) is 1. The predicted octanol–water partition coefficient (Wildman–Crippen LogP) is 3.68. The van der Waals surface area contributed by atoms with E-state index in [0.717, 1.165) is 10.5 Å². The van der Waals surface area contributed by atoms with Crippen LogP contribution in [-0.2, 0) is 16.1 Å². The van der Waals surface area contributed by atoms with Gasteiger partial charge >= 0.3 is 5.97 Å². The number of benzene rings is 3. The van der Waals surface area contributed by atoms with Gasteiger partial charge in [-0.05, 0) is 55.0 Å². The molecule has 1 N–H and O–H groups in total. The molecule has 3 aromatic rings. The molecule has 0 aromatic heterocycles. The van der Waals surface area contributed by atoms with E-state index in [1.165, 1.54) is 18.2 Å². The summed E-state index contributed by atoms with van der Waals surface area (Å²) >= 11 is 0. The highest BCUT2D eigenvalue weighted by molar-refractivity contribution is 6.21. The van der Waals surface area contributed by atoms with Gasteiger partial charge in [0, 0.05) is 5.69 Å². The summed E-state index contributed by atoms with van der Waals surface area (Å²) in [6.45, 7) is 2.05. The van der Waals surface area contributed by atoms with E-state index in [4.69, 9.17) is 9.47 Å². The Balaban J connectivity index is 1.36. The summed E-state index contributed by atoms with van der Waals surface area (Å²) in [5, 5.41) is 2.62. The normalized spacial score (nSPS) is 12.3. The molecule has 0 saturated carbocycles. The largest absolute Gasteiger partial charge is 0.494 e. The molecule has 1 aliphatic rings. The van der Waals surface area contributed by atoms with Crippen molar-refractivity contribution in [1.29, 1.82) is 0 Å². The van der Waals surface area contributed by atoms with E-state index in [0.29, 0.717) is 18.0 Å². The van der Waals surface area contributed by atoms with Crippen LogP contribution in [0.4, 0.5) is 5.69 Å². The fourth-order valence-electron chi connectivity index (χ4n) is 3.54. The topological polar surface area (TPSA) is 102 Å². The minimum absolute atomic E-state index is 0.0790. The van der Waals surface area contributed by atoms with Gasteiger partial charge in [0.2, 0.25) is 0 Å². The van der Waals surface area contributed by atoms with Crippen LogP contribution in [0.15, 0.2) is 72.8 Å². The van der Waals surface area contributed by atoms with Crippen molar-refractivity contribution >= 4 is 29.4 Å². The Morgan fingerprint density at radius 1 is 0.882 bits per heavy atom. The second kappa shape index (κ2) is 9.99. The Morgan fingerprint density at radius 2 is 1.59 bits per heavy atom. The van der Waals surface area contributed by atoms with Crippen molar-refractivity contribution in [2.75, 3.05) is 18.5 Å². The number of anilines is 1. The highest BCUT2D eigenvalue weighted by Crippen LogP contribution is 2.26. The lowest BCUT2D eigenvalue weighted by Crippen LogP contribution is -2.29. The maximum atomic E-state index is 12.8. The van der Waals surface area contributed by atoms with Gasteiger partial charge < -0.3 is 14.8 Å². The highest BCUT2D eigenvalue weighted by atomic mass is 16.5. The molecule has 0 unspecified atom stereocenters. The minimum atomic E-state index is -0.772. The summed E-state index contributed by atoms with van der Waals surface area (Å²) in [7, 11) is 0. The molecule has 3 aromatic carbocycles. The predicted molar refractivity (Wildman–Crippen MR) is 124 cm³/mol. The Kier molecular flexibility index (Phi) is 6.68. The summed E-state index contributed by atoms with van der Waals surface area (Å²) in [5.41, 5.74) is 1.79. The van der Waals surface area contributed by atoms with Gasteiger partial charge in [0.25, 0.3) is 17.7 Å². The van der Waals surface area contributed by atoms with Gasteiger partial charge in [0.05, 0.1) is 29.8 Å². The average Bonchev–Trinajstić information content (AvgIpc) is 3.09. The van der Waals surface area contributed by atoms with Crippen molar-refractivity contribution in [3.05, 3.63) is 95.1 Å². The second-order valence-corrected chi connectivity index (χ2v) is 7.52. The number of rotatable bonds is 8. The number of ether oxygens (including phenoxy) is 2. The van der Waals surface area contributed by atoms with E-state index in [-0.39, 0.29) is 23.2 Å². The van der Waals surface area contributed by atoms with Gasteiger partial charge in [0.1, 0.15) is 5.75 Å². The van der Waals surface area contributed by atoms with Crippen LogP contribution in [0.25, 0.3) is 0 Å². The van der Waals surface area contributed by atoms with Gasteiger partial charge in [-0.3, -0.25) is 19.3 Å². The minimum Gasteiger partial charge on any atom is -0.494 e. The molecule has 8 heteroatoms. The Hall–Kier alpha value is -4.46. The maximum Gasteiger partial charge on any atom is 0.338 e. The molecule has 0 aliphatic carbocycles. The van der Waals surface area contributed by atoms with Crippen LogP contribution < -0.4 is 10.1 Å². The fraction of sp³-hybridized carbons (Fsp3) is 0.154. The summed E-state index contributed by atoms with van der Waals surface area (Å²) in [6.07, 6.45) is 0. The van der Waals surface area contributed by atoms with Crippen molar-refractivity contribution in [3.63, 3.8) is 0 Å². The molecule has 0 bridgehead atoms. The van der Waals surface area contributed by atoms with Crippen LogP contribution >= 0.6 is 0 Å². The summed E-state index contributed by atoms with van der Waals surface area (Å²) < 4.78 is 10.4. The molecule has 3 amide bonds. The molecule has 1 heterocycles. The zero-order valence-electron chi connectivity index (χ0n) is 18.4. The number of hydrogen-bond acceptors (Lipinski definition) is 6. The summed E-state index contributed by atoms with van der Waals surface area (Å²) in [5.74, 6) is -1.51. The van der Waals surface area contributed by atoms with E-state index in [1.54, 1.807) is 24.3 Å². The Bertz CT molecular complexity index is 1240. The molecule has 1 aliphatic heterocycles. The van der Waals surface area contributed by atoms with Crippen LogP contribution in [0.2, 0.25) is 0 Å². The van der Waals surface area contributed by atoms with Crippen molar-refractivity contribution in [2.45, 2.75) is 13.5 Å². The SMILES string of the molecule is CCOc1ccc(NC(=O)COC(=O)c2ccc3c(c2)C(=O)N(Cc2ccccc2)C3=O)cc1. The third kappa shape index (κ3) is 4.96. The summed E-state index contributed by atoms with van der Waals surface area (Å²) in [6, 6.07) is 20.1. The number of nitrogens with one attached hydrogen (secondary N) is 1. The van der Waals surface area contributed by atoms with Crippen LogP contribution in [-0.4, -0.2) is 41.8 Å². The van der Waals surface area contributed by atoms with Gasteiger partial charge in [0.15, 0.2) is 6.61 Å². The zero-order chi connectivity index (χ0) is 24.1. The van der Waals surface area contributed by atoms with Crippen molar-refractivity contribution in [1.82, 2.24) is 4.90 Å². The van der Waals surface area contributed by atoms with E-state index in [1.807, 2.05) is 37.3 Å². The lowest BCUT2D eigenvalue weighted by Gasteiger charge is -2.13. The van der Waals surface area contributed by atoms with Gasteiger partial charge in [-0.2, -0.15) is 0 Å². The maximum absolute atomic E-state index is 12.8.